The summed E-state index contributed by atoms with van der Waals surface area (Å²) >= 11 is 6.12. The first-order valence-electron chi connectivity index (χ1n) is 7.19. The highest BCUT2D eigenvalue weighted by atomic mass is 35.5. The molecular formula is C16H22ClN3O. The average molecular weight is 308 g/mol. The van der Waals surface area contributed by atoms with Crippen LogP contribution in [0, 0.1) is 0 Å². The van der Waals surface area contributed by atoms with Crippen LogP contribution >= 0.6 is 11.6 Å². The second-order valence-electron chi connectivity index (χ2n) is 5.08. The fraction of sp³-hybridized carbons (Fsp3) is 0.438. The average Bonchev–Trinajstić information content (AvgIpc) is 2.90. The number of halogens is 1. The number of rotatable bonds is 7. The van der Waals surface area contributed by atoms with E-state index in [1.165, 1.54) is 0 Å². The Hall–Kier alpha value is -1.52. The Morgan fingerprint density at radius 3 is 2.81 bits per heavy atom. The largest absolute Gasteiger partial charge is 0.496 e. The molecule has 1 heterocycles. The summed E-state index contributed by atoms with van der Waals surface area (Å²) in [5.74, 6) is 0.860. The third kappa shape index (κ3) is 4.22. The van der Waals surface area contributed by atoms with Crippen molar-refractivity contribution in [1.82, 2.24) is 15.1 Å². The first-order chi connectivity index (χ1) is 10.1. The normalized spacial score (nSPS) is 12.4. The van der Waals surface area contributed by atoms with E-state index in [1.54, 1.807) is 7.11 Å². The monoisotopic (exact) mass is 307 g/mol. The lowest BCUT2D eigenvalue weighted by Crippen LogP contribution is -2.25. The lowest BCUT2D eigenvalue weighted by molar-refractivity contribution is 0.404. The predicted molar refractivity (Wildman–Crippen MR) is 86.0 cm³/mol. The minimum atomic E-state index is 0.151. The molecule has 1 aromatic carbocycles. The summed E-state index contributed by atoms with van der Waals surface area (Å²) in [7, 11) is 3.61. The summed E-state index contributed by atoms with van der Waals surface area (Å²) in [6.45, 7) is 3.10. The van der Waals surface area contributed by atoms with Gasteiger partial charge in [0.2, 0.25) is 0 Å². The Labute approximate surface area is 131 Å². The van der Waals surface area contributed by atoms with Crippen molar-refractivity contribution in [3.63, 3.8) is 0 Å². The molecule has 5 heteroatoms. The SMILES string of the molecule is CCCNC(Cc1cc(Cl)ccc1OC)c1ccn(C)n1. The minimum Gasteiger partial charge on any atom is -0.496 e. The highest BCUT2D eigenvalue weighted by molar-refractivity contribution is 6.30. The van der Waals surface area contributed by atoms with E-state index >= 15 is 0 Å². The van der Waals surface area contributed by atoms with Crippen LogP contribution in [-0.2, 0) is 13.5 Å². The van der Waals surface area contributed by atoms with Crippen molar-refractivity contribution in [3.05, 3.63) is 46.7 Å². The Morgan fingerprint density at radius 2 is 2.19 bits per heavy atom. The zero-order chi connectivity index (χ0) is 15.2. The Morgan fingerprint density at radius 1 is 1.38 bits per heavy atom. The molecule has 0 aliphatic rings. The van der Waals surface area contributed by atoms with Crippen molar-refractivity contribution in [2.45, 2.75) is 25.8 Å². The molecular weight excluding hydrogens is 286 g/mol. The van der Waals surface area contributed by atoms with Gasteiger partial charge < -0.3 is 10.1 Å². The van der Waals surface area contributed by atoms with Gasteiger partial charge in [0.1, 0.15) is 5.75 Å². The van der Waals surface area contributed by atoms with Crippen LogP contribution in [0.4, 0.5) is 0 Å². The van der Waals surface area contributed by atoms with Crippen LogP contribution in [0.25, 0.3) is 0 Å². The molecule has 0 aliphatic carbocycles. The van der Waals surface area contributed by atoms with Crippen molar-refractivity contribution < 1.29 is 4.74 Å². The molecule has 0 bridgehead atoms. The smallest absolute Gasteiger partial charge is 0.122 e. The van der Waals surface area contributed by atoms with Gasteiger partial charge in [-0.05, 0) is 49.2 Å². The van der Waals surface area contributed by atoms with Gasteiger partial charge in [0.25, 0.3) is 0 Å². The third-order valence-electron chi connectivity index (χ3n) is 3.40. The zero-order valence-corrected chi connectivity index (χ0v) is 13.5. The summed E-state index contributed by atoms with van der Waals surface area (Å²) in [4.78, 5) is 0. The molecule has 21 heavy (non-hydrogen) atoms. The van der Waals surface area contributed by atoms with Gasteiger partial charge in [0.15, 0.2) is 0 Å². The third-order valence-corrected chi connectivity index (χ3v) is 3.63. The van der Waals surface area contributed by atoms with Crippen molar-refractivity contribution in [2.24, 2.45) is 7.05 Å². The number of aryl methyl sites for hydroxylation is 1. The highest BCUT2D eigenvalue weighted by Crippen LogP contribution is 2.27. The van der Waals surface area contributed by atoms with Gasteiger partial charge in [0.05, 0.1) is 18.8 Å². The lowest BCUT2D eigenvalue weighted by Gasteiger charge is -2.18. The van der Waals surface area contributed by atoms with Gasteiger partial charge >= 0.3 is 0 Å². The van der Waals surface area contributed by atoms with Crippen molar-refractivity contribution in [2.75, 3.05) is 13.7 Å². The molecule has 114 valence electrons. The number of hydrogen-bond acceptors (Lipinski definition) is 3. The molecule has 1 N–H and O–H groups in total. The molecule has 0 amide bonds. The molecule has 0 radical (unpaired) electrons. The van der Waals surface area contributed by atoms with Crippen LogP contribution in [0.15, 0.2) is 30.5 Å². The van der Waals surface area contributed by atoms with Crippen LogP contribution < -0.4 is 10.1 Å². The van der Waals surface area contributed by atoms with E-state index in [1.807, 2.05) is 42.2 Å². The van der Waals surface area contributed by atoms with E-state index < -0.39 is 0 Å². The quantitative estimate of drug-likeness (QED) is 0.852. The summed E-state index contributed by atoms with van der Waals surface area (Å²) in [6, 6.07) is 7.92. The summed E-state index contributed by atoms with van der Waals surface area (Å²) in [6.07, 6.45) is 3.84. The number of benzene rings is 1. The van der Waals surface area contributed by atoms with Crippen LogP contribution in [0.2, 0.25) is 5.02 Å². The molecule has 0 saturated carbocycles. The Kier molecular flexibility index (Phi) is 5.65. The predicted octanol–water partition coefficient (Wildman–Crippen LogP) is 3.37. The maximum atomic E-state index is 6.12. The molecule has 4 nitrogen and oxygen atoms in total. The standard InChI is InChI=1S/C16H22ClN3O/c1-4-8-18-15(14-7-9-20(2)19-14)11-12-10-13(17)5-6-16(12)21-3/h5-7,9-10,15,18H,4,8,11H2,1-3H3. The molecule has 0 spiro atoms. The van der Waals surface area contributed by atoms with E-state index in [9.17, 15) is 0 Å². The highest BCUT2D eigenvalue weighted by Gasteiger charge is 2.17. The Balaban J connectivity index is 2.24. The molecule has 1 unspecified atom stereocenters. The number of nitrogens with one attached hydrogen (secondary N) is 1. The molecule has 1 aromatic heterocycles. The van der Waals surface area contributed by atoms with Crippen LogP contribution in [0.3, 0.4) is 0 Å². The van der Waals surface area contributed by atoms with E-state index in [0.29, 0.717) is 0 Å². The number of aromatic nitrogens is 2. The molecule has 0 fully saturated rings. The topological polar surface area (TPSA) is 39.1 Å². The van der Waals surface area contributed by atoms with Crippen LogP contribution in [0.1, 0.15) is 30.6 Å². The molecule has 0 saturated heterocycles. The minimum absolute atomic E-state index is 0.151. The van der Waals surface area contributed by atoms with Crippen molar-refractivity contribution in [3.8, 4) is 5.75 Å². The molecule has 2 rings (SSSR count). The lowest BCUT2D eigenvalue weighted by atomic mass is 10.0. The first kappa shape index (κ1) is 15.9. The van der Waals surface area contributed by atoms with Crippen LogP contribution in [-0.4, -0.2) is 23.4 Å². The molecule has 1 atom stereocenters. The second-order valence-corrected chi connectivity index (χ2v) is 5.52. The van der Waals surface area contributed by atoms with E-state index in [2.05, 4.69) is 17.3 Å². The van der Waals surface area contributed by atoms with Gasteiger partial charge in [-0.1, -0.05) is 18.5 Å². The van der Waals surface area contributed by atoms with Crippen molar-refractivity contribution >= 4 is 11.6 Å². The summed E-state index contributed by atoms with van der Waals surface area (Å²) in [5, 5.41) is 8.79. The molecule has 0 aliphatic heterocycles. The second kappa shape index (κ2) is 7.48. The zero-order valence-electron chi connectivity index (χ0n) is 12.8. The number of methoxy groups -OCH3 is 1. The number of hydrogen-bond donors (Lipinski definition) is 1. The van der Waals surface area contributed by atoms with Gasteiger partial charge in [-0.25, -0.2) is 0 Å². The summed E-state index contributed by atoms with van der Waals surface area (Å²) in [5.41, 5.74) is 2.12. The van der Waals surface area contributed by atoms with Gasteiger partial charge in [-0.2, -0.15) is 5.10 Å². The maximum absolute atomic E-state index is 6.12. The van der Waals surface area contributed by atoms with Gasteiger partial charge in [-0.3, -0.25) is 4.68 Å². The van der Waals surface area contributed by atoms with Gasteiger partial charge in [0, 0.05) is 18.3 Å². The molecule has 2 aromatic rings. The fourth-order valence-corrected chi connectivity index (χ4v) is 2.54. The fourth-order valence-electron chi connectivity index (χ4n) is 2.35. The van der Waals surface area contributed by atoms with Crippen LogP contribution in [0.5, 0.6) is 5.75 Å². The first-order valence-corrected chi connectivity index (χ1v) is 7.57. The van der Waals surface area contributed by atoms with Crippen molar-refractivity contribution in [1.29, 1.82) is 0 Å². The number of ether oxygens (including phenoxy) is 1. The van der Waals surface area contributed by atoms with E-state index in [0.717, 1.165) is 41.4 Å². The number of nitrogens with zero attached hydrogens (tertiary/aromatic N) is 2. The van der Waals surface area contributed by atoms with E-state index in [4.69, 9.17) is 16.3 Å². The maximum Gasteiger partial charge on any atom is 0.122 e. The van der Waals surface area contributed by atoms with E-state index in [-0.39, 0.29) is 6.04 Å². The Bertz CT molecular complexity index is 583. The van der Waals surface area contributed by atoms with Gasteiger partial charge in [-0.15, -0.1) is 0 Å². The summed E-state index contributed by atoms with van der Waals surface area (Å²) < 4.78 is 7.26.